The predicted octanol–water partition coefficient (Wildman–Crippen LogP) is 6.06. The molecule has 0 atom stereocenters. The molecule has 5 rings (SSSR count). The summed E-state index contributed by atoms with van der Waals surface area (Å²) in [5.74, 6) is -7.33. The molecule has 1 aromatic heterocycles. The van der Waals surface area contributed by atoms with Crippen LogP contribution in [0.4, 0.5) is 17.6 Å². The highest BCUT2D eigenvalue weighted by Crippen LogP contribution is 2.38. The number of aromatic nitrogens is 2. The van der Waals surface area contributed by atoms with E-state index in [1.165, 1.54) is 18.2 Å². The number of carboxylic acid groups (broad SMARTS) is 1. The van der Waals surface area contributed by atoms with E-state index in [9.17, 15) is 9.90 Å². The number of rotatable bonds is 5. The maximum Gasteiger partial charge on any atom is 0.337 e. The lowest BCUT2D eigenvalue weighted by Crippen LogP contribution is -2.18. The largest absolute Gasteiger partial charge is 0.478 e. The number of carbonyl (C=O) groups is 1. The molecule has 0 spiro atoms. The first-order chi connectivity index (χ1) is 16.7. The van der Waals surface area contributed by atoms with Gasteiger partial charge in [0.25, 0.3) is 0 Å². The fourth-order valence-corrected chi connectivity index (χ4v) is 4.66. The van der Waals surface area contributed by atoms with Crippen LogP contribution in [-0.2, 0) is 6.54 Å². The Morgan fingerprint density at radius 3 is 2.09 bits per heavy atom. The molecule has 3 aromatic carbocycles. The number of likely N-dealkylation sites (tertiary alicyclic amines) is 1. The van der Waals surface area contributed by atoms with E-state index in [4.69, 9.17) is 0 Å². The van der Waals surface area contributed by atoms with Crippen LogP contribution < -0.4 is 0 Å². The molecule has 0 radical (unpaired) electrons. The number of halogens is 4. The lowest BCUT2D eigenvalue weighted by Gasteiger charge is -2.16. The van der Waals surface area contributed by atoms with Crippen molar-refractivity contribution >= 4 is 17.0 Å². The van der Waals surface area contributed by atoms with Crippen LogP contribution >= 0.6 is 0 Å². The number of aryl methyl sites for hydroxylation is 1. The number of nitrogens with one attached hydrogen (secondary N) is 1. The molecule has 2 N–H and O–H groups in total. The van der Waals surface area contributed by atoms with Gasteiger partial charge in [0.05, 0.1) is 22.2 Å². The smallest absolute Gasteiger partial charge is 0.337 e. The number of hydrogen-bond acceptors (Lipinski definition) is 3. The normalized spacial score (nSPS) is 14.2. The summed E-state index contributed by atoms with van der Waals surface area (Å²) in [7, 11) is 0. The van der Waals surface area contributed by atoms with Crippen LogP contribution in [0.1, 0.15) is 34.6 Å². The lowest BCUT2D eigenvalue weighted by molar-refractivity contribution is 0.0699. The van der Waals surface area contributed by atoms with Crippen LogP contribution in [0.3, 0.4) is 0 Å². The Kier molecular flexibility index (Phi) is 5.80. The summed E-state index contributed by atoms with van der Waals surface area (Å²) in [6, 6.07) is 8.42. The van der Waals surface area contributed by atoms with Crippen molar-refractivity contribution in [1.82, 2.24) is 14.9 Å². The van der Waals surface area contributed by atoms with E-state index in [-0.39, 0.29) is 27.7 Å². The third-order valence-corrected chi connectivity index (χ3v) is 6.33. The van der Waals surface area contributed by atoms with E-state index in [0.29, 0.717) is 12.4 Å². The highest BCUT2D eigenvalue weighted by molar-refractivity contribution is 6.03. The van der Waals surface area contributed by atoms with Gasteiger partial charge in [0.15, 0.2) is 23.3 Å². The van der Waals surface area contributed by atoms with E-state index >= 15 is 17.6 Å². The highest BCUT2D eigenvalue weighted by atomic mass is 19.2. The van der Waals surface area contributed by atoms with Crippen LogP contribution in [0.25, 0.3) is 33.3 Å². The topological polar surface area (TPSA) is 69.2 Å². The first-order valence-electron chi connectivity index (χ1n) is 11.2. The molecule has 4 aromatic rings. The van der Waals surface area contributed by atoms with Gasteiger partial charge in [-0.2, -0.15) is 0 Å². The Morgan fingerprint density at radius 2 is 1.51 bits per heavy atom. The first-order valence-corrected chi connectivity index (χ1v) is 11.2. The van der Waals surface area contributed by atoms with Gasteiger partial charge in [-0.05, 0) is 61.7 Å². The Hall–Kier alpha value is -3.72. The number of nitrogens with zero attached hydrogens (tertiary/aromatic N) is 2. The van der Waals surface area contributed by atoms with Crippen molar-refractivity contribution in [2.45, 2.75) is 26.3 Å². The third-order valence-electron chi connectivity index (χ3n) is 6.33. The average Bonchev–Trinajstić information content (AvgIpc) is 3.47. The van der Waals surface area contributed by atoms with Gasteiger partial charge in [0.2, 0.25) is 0 Å². The minimum atomic E-state index is -1.60. The molecule has 180 valence electrons. The molecule has 35 heavy (non-hydrogen) atoms. The first kappa shape index (κ1) is 23.0. The summed E-state index contributed by atoms with van der Waals surface area (Å²) in [6.07, 6.45) is 2.25. The lowest BCUT2D eigenvalue weighted by atomic mass is 9.95. The average molecular weight is 483 g/mol. The third kappa shape index (κ3) is 4.05. The molecule has 2 heterocycles. The summed E-state index contributed by atoms with van der Waals surface area (Å²) < 4.78 is 60.7. The monoisotopic (exact) mass is 483 g/mol. The van der Waals surface area contributed by atoms with Gasteiger partial charge < -0.3 is 10.1 Å². The Balaban J connectivity index is 1.59. The number of aromatic amines is 1. The number of carboxylic acids is 1. The van der Waals surface area contributed by atoms with Crippen LogP contribution in [-0.4, -0.2) is 39.0 Å². The number of aromatic carboxylic acids is 1. The van der Waals surface area contributed by atoms with Crippen molar-refractivity contribution in [2.24, 2.45) is 0 Å². The summed E-state index contributed by atoms with van der Waals surface area (Å²) in [5.41, 5.74) is -1.28. The summed E-state index contributed by atoms with van der Waals surface area (Å²) in [6.45, 7) is 4.23. The van der Waals surface area contributed by atoms with Crippen molar-refractivity contribution in [2.75, 3.05) is 13.1 Å². The molecule has 0 unspecified atom stereocenters. The molecule has 0 amide bonds. The molecule has 0 bridgehead atoms. The number of benzene rings is 3. The van der Waals surface area contributed by atoms with Crippen molar-refractivity contribution < 1.29 is 27.5 Å². The van der Waals surface area contributed by atoms with Crippen LogP contribution in [0, 0.1) is 30.2 Å². The van der Waals surface area contributed by atoms with Gasteiger partial charge in [0.1, 0.15) is 11.3 Å². The number of hydrogen-bond donors (Lipinski definition) is 2. The highest BCUT2D eigenvalue weighted by Gasteiger charge is 2.28. The van der Waals surface area contributed by atoms with E-state index in [1.807, 2.05) is 0 Å². The molecule has 5 nitrogen and oxygen atoms in total. The van der Waals surface area contributed by atoms with Crippen molar-refractivity contribution in [3.05, 3.63) is 76.6 Å². The summed E-state index contributed by atoms with van der Waals surface area (Å²) in [4.78, 5) is 20.8. The minimum absolute atomic E-state index is 0.000363. The van der Waals surface area contributed by atoms with Crippen LogP contribution in [0.5, 0.6) is 0 Å². The van der Waals surface area contributed by atoms with Crippen molar-refractivity contribution in [3.8, 4) is 22.3 Å². The Labute approximate surface area is 198 Å². The molecular formula is C26H21F4N3O2. The SMILES string of the molecule is Cc1nc2c(C(=O)O)cc(-c3c(F)c(F)c(-c4ccc(CN5CCCC5)cc4)c(F)c3F)cc2[nH]1. The van der Waals surface area contributed by atoms with Gasteiger partial charge in [-0.25, -0.2) is 27.3 Å². The molecule has 9 heteroatoms. The van der Waals surface area contributed by atoms with Gasteiger partial charge in [-0.15, -0.1) is 0 Å². The van der Waals surface area contributed by atoms with Crippen molar-refractivity contribution in [1.29, 1.82) is 0 Å². The molecule has 1 aliphatic rings. The van der Waals surface area contributed by atoms with E-state index in [2.05, 4.69) is 14.9 Å². The molecular weight excluding hydrogens is 462 g/mol. The zero-order chi connectivity index (χ0) is 24.9. The van der Waals surface area contributed by atoms with E-state index in [1.54, 1.807) is 19.1 Å². The van der Waals surface area contributed by atoms with Gasteiger partial charge >= 0.3 is 5.97 Å². The second-order valence-electron chi connectivity index (χ2n) is 8.73. The van der Waals surface area contributed by atoms with E-state index < -0.39 is 40.4 Å². The van der Waals surface area contributed by atoms with E-state index in [0.717, 1.165) is 37.6 Å². The zero-order valence-corrected chi connectivity index (χ0v) is 18.8. The maximum absolute atomic E-state index is 15.2. The van der Waals surface area contributed by atoms with Gasteiger partial charge in [0, 0.05) is 6.54 Å². The fourth-order valence-electron chi connectivity index (χ4n) is 4.66. The summed E-state index contributed by atoms with van der Waals surface area (Å²) >= 11 is 0. The zero-order valence-electron chi connectivity index (χ0n) is 18.8. The van der Waals surface area contributed by atoms with Gasteiger partial charge in [-0.1, -0.05) is 24.3 Å². The summed E-state index contributed by atoms with van der Waals surface area (Å²) in [5, 5.41) is 9.52. The molecule has 1 fully saturated rings. The van der Waals surface area contributed by atoms with Crippen molar-refractivity contribution in [3.63, 3.8) is 0 Å². The predicted molar refractivity (Wildman–Crippen MR) is 123 cm³/mol. The number of H-pyrrole nitrogens is 1. The van der Waals surface area contributed by atoms with Crippen LogP contribution in [0.15, 0.2) is 36.4 Å². The Bertz CT molecular complexity index is 1430. The minimum Gasteiger partial charge on any atom is -0.478 e. The maximum atomic E-state index is 15.2. The Morgan fingerprint density at radius 1 is 0.943 bits per heavy atom. The second kappa shape index (κ2) is 8.81. The molecule has 0 aliphatic carbocycles. The van der Waals surface area contributed by atoms with Gasteiger partial charge in [-0.3, -0.25) is 4.90 Å². The fraction of sp³-hybridized carbons (Fsp3) is 0.231. The molecule has 0 saturated carbocycles. The molecule has 1 aliphatic heterocycles. The quantitative estimate of drug-likeness (QED) is 0.268. The standard InChI is InChI=1S/C26H21F4N3O2/c1-13-31-18-11-16(10-17(26(34)35)25(18)32-13)20-23(29)21(27)19(22(28)24(20)30)15-6-4-14(5-7-15)12-33-8-2-3-9-33/h4-7,10-11H,2-3,8-9,12H2,1H3,(H,31,32)(H,34,35). The van der Waals surface area contributed by atoms with Crippen LogP contribution in [0.2, 0.25) is 0 Å². The number of imidazole rings is 1. The second-order valence-corrected chi connectivity index (χ2v) is 8.73. The number of fused-ring (bicyclic) bond motifs is 1. The molecule has 1 saturated heterocycles.